The number of nitro benzene ring substituents is 2. The number of anilines is 2. The van der Waals surface area contributed by atoms with Crippen LogP contribution in [0.3, 0.4) is 0 Å². The Labute approximate surface area is 310 Å². The molecule has 10 nitrogen and oxygen atoms in total. The van der Waals surface area contributed by atoms with Crippen LogP contribution in [0.5, 0.6) is 11.5 Å². The second kappa shape index (κ2) is 17.4. The van der Waals surface area contributed by atoms with Crippen molar-refractivity contribution in [3.05, 3.63) is 120 Å². The molecule has 0 aliphatic heterocycles. The Morgan fingerprint density at radius 3 is 0.712 bits per heavy atom. The van der Waals surface area contributed by atoms with Crippen LogP contribution in [0, 0.1) is 145 Å². The Morgan fingerprint density at radius 1 is 0.327 bits per heavy atom. The Morgan fingerprint density at radius 2 is 0.481 bits per heavy atom. The largest absolute Gasteiger partial charge is 0.507 e. The molecule has 0 unspecified atom stereocenters. The molecule has 10 heteroatoms. The molecule has 0 spiro atoms. The molecule has 4 aromatic carbocycles. The van der Waals surface area contributed by atoms with Crippen LogP contribution in [-0.2, 0) is 0 Å². The maximum absolute atomic E-state index is 10.9. The topological polar surface area (TPSA) is 179 Å². The van der Waals surface area contributed by atoms with Crippen LogP contribution in [0.1, 0.15) is 100 Å². The molecule has 0 atom stereocenters. The van der Waals surface area contributed by atoms with Crippen molar-refractivity contribution in [3.63, 3.8) is 0 Å². The summed E-state index contributed by atoms with van der Waals surface area (Å²) in [5, 5.41) is 40.9. The fourth-order valence-electron chi connectivity index (χ4n) is 6.15. The van der Waals surface area contributed by atoms with Crippen LogP contribution >= 0.6 is 0 Å². The number of benzene rings is 4. The van der Waals surface area contributed by atoms with Gasteiger partial charge in [0, 0.05) is 44.8 Å². The summed E-state index contributed by atoms with van der Waals surface area (Å²) in [6.45, 7) is 34.4. The highest BCUT2D eigenvalue weighted by Gasteiger charge is 2.22. The van der Waals surface area contributed by atoms with Crippen molar-refractivity contribution in [2.75, 3.05) is 11.5 Å². The third-order valence-electron chi connectivity index (χ3n) is 11.6. The number of nitrogens with zero attached hydrogens (tertiary/aromatic N) is 2. The molecule has 0 aliphatic rings. The van der Waals surface area contributed by atoms with Crippen LogP contribution < -0.4 is 11.5 Å². The zero-order valence-corrected chi connectivity index (χ0v) is 34.6. The number of nitro groups is 2. The third kappa shape index (κ3) is 8.84. The van der Waals surface area contributed by atoms with Crippen molar-refractivity contribution in [2.45, 2.75) is 125 Å². The van der Waals surface area contributed by atoms with E-state index in [1.807, 2.05) is 62.3 Å². The summed E-state index contributed by atoms with van der Waals surface area (Å²) in [6, 6.07) is 0. The molecular weight excluding hydrogens is 656 g/mol. The first kappa shape index (κ1) is 44.9. The first-order valence-corrected chi connectivity index (χ1v) is 17.2. The minimum absolute atomic E-state index is 0.109. The zero-order chi connectivity index (χ0) is 41.0. The highest BCUT2D eigenvalue weighted by atomic mass is 16.6. The molecule has 4 aromatic rings. The number of phenolic OH excluding ortho intramolecular Hbond substituents is 2. The van der Waals surface area contributed by atoms with Gasteiger partial charge in [0.25, 0.3) is 11.4 Å². The first-order chi connectivity index (χ1) is 23.7. The Hall–Kier alpha value is -5.12. The summed E-state index contributed by atoms with van der Waals surface area (Å²) in [5.74, 6) is 0.532. The normalized spacial score (nSPS) is 10.3. The summed E-state index contributed by atoms with van der Waals surface area (Å²) < 4.78 is 0. The molecule has 0 aromatic heterocycles. The van der Waals surface area contributed by atoms with Gasteiger partial charge >= 0.3 is 0 Å². The molecule has 0 aliphatic carbocycles. The van der Waals surface area contributed by atoms with Crippen molar-refractivity contribution in [2.24, 2.45) is 0 Å². The van der Waals surface area contributed by atoms with E-state index in [0.29, 0.717) is 28.0 Å². The lowest BCUT2D eigenvalue weighted by molar-refractivity contribution is -0.386. The van der Waals surface area contributed by atoms with Crippen LogP contribution in [0.2, 0.25) is 0 Å². The summed E-state index contributed by atoms with van der Waals surface area (Å²) in [4.78, 5) is 21.0. The van der Waals surface area contributed by atoms with Gasteiger partial charge in [-0.3, -0.25) is 20.2 Å². The van der Waals surface area contributed by atoms with E-state index in [1.54, 1.807) is 27.7 Å². The van der Waals surface area contributed by atoms with Crippen molar-refractivity contribution < 1.29 is 20.1 Å². The van der Waals surface area contributed by atoms with E-state index in [1.165, 1.54) is 27.8 Å². The molecule has 284 valence electrons. The highest BCUT2D eigenvalue weighted by Crippen LogP contribution is 2.36. The number of nitrogens with two attached hydrogens (primary N) is 2. The summed E-state index contributed by atoms with van der Waals surface area (Å²) in [6.07, 6.45) is 0. The van der Waals surface area contributed by atoms with Crippen LogP contribution in [-0.4, -0.2) is 20.1 Å². The SMILES string of the molecule is Cc1c(C)c(C)c(N)c(C)c1C.Cc1c(C)c(C)c([N+](=O)[O-])c(C)c1C.Cc1c(C)c(O)c(C)c(C)c1N.Cc1c(C)c([N+](=O)[O-])c(C)c(C)c1O. The van der Waals surface area contributed by atoms with Crippen LogP contribution in [0.25, 0.3) is 0 Å². The van der Waals surface area contributed by atoms with Crippen LogP contribution in [0.15, 0.2) is 0 Å². The number of hydrogen-bond donors (Lipinski definition) is 4. The molecule has 0 radical (unpaired) electrons. The molecule has 0 saturated heterocycles. The smallest absolute Gasteiger partial charge is 0.275 e. The van der Waals surface area contributed by atoms with Crippen LogP contribution in [0.4, 0.5) is 22.7 Å². The van der Waals surface area contributed by atoms with Crippen molar-refractivity contribution in [1.82, 2.24) is 0 Å². The van der Waals surface area contributed by atoms with E-state index in [4.69, 9.17) is 11.5 Å². The van der Waals surface area contributed by atoms with E-state index in [2.05, 4.69) is 34.6 Å². The summed E-state index contributed by atoms with van der Waals surface area (Å²) in [5.41, 5.74) is 31.2. The van der Waals surface area contributed by atoms with Crippen molar-refractivity contribution in [3.8, 4) is 11.5 Å². The molecule has 0 amide bonds. The lowest BCUT2D eigenvalue weighted by Gasteiger charge is -2.15. The highest BCUT2D eigenvalue weighted by molar-refractivity contribution is 5.64. The van der Waals surface area contributed by atoms with Gasteiger partial charge in [-0.2, -0.15) is 0 Å². The average molecular weight is 717 g/mol. The molecule has 0 saturated carbocycles. The maximum Gasteiger partial charge on any atom is 0.275 e. The van der Waals surface area contributed by atoms with Gasteiger partial charge in [-0.25, -0.2) is 0 Å². The standard InChI is InChI=1S/C11H15NO2.C11H17N.C10H13NO3.C10H15NO/c1-6-7(2)9(4)11(12(13)14)10(5)8(6)3;1-6-7(2)9(4)11(12)10(5)8(6)3;1-5-7(3)10(12)8(4)6(2)9(5)11(13)14;1-5-7(3)10(12)8(4)6(2)9(5)11/h1-5H3;12H2,1-5H3;12H,1-4H3;12H,11H2,1-4H3. The fraction of sp³-hybridized carbons (Fsp3) is 0.429. The minimum Gasteiger partial charge on any atom is -0.507 e. The Balaban J connectivity index is 0.000000348. The monoisotopic (exact) mass is 716 g/mol. The van der Waals surface area contributed by atoms with Gasteiger partial charge in [0.15, 0.2) is 0 Å². The van der Waals surface area contributed by atoms with E-state index in [9.17, 15) is 30.4 Å². The van der Waals surface area contributed by atoms with Crippen molar-refractivity contribution in [1.29, 1.82) is 0 Å². The molecule has 4 rings (SSSR count). The van der Waals surface area contributed by atoms with E-state index >= 15 is 0 Å². The third-order valence-corrected chi connectivity index (χ3v) is 11.6. The quantitative estimate of drug-likeness (QED) is 0.0684. The minimum atomic E-state index is -0.399. The number of hydrogen-bond acceptors (Lipinski definition) is 8. The maximum atomic E-state index is 10.9. The first-order valence-electron chi connectivity index (χ1n) is 17.2. The summed E-state index contributed by atoms with van der Waals surface area (Å²) >= 11 is 0. The number of phenols is 2. The molecule has 0 bridgehead atoms. The lowest BCUT2D eigenvalue weighted by Crippen LogP contribution is -2.02. The Bertz CT molecular complexity index is 1650. The predicted molar refractivity (Wildman–Crippen MR) is 216 cm³/mol. The molecule has 6 N–H and O–H groups in total. The fourth-order valence-corrected chi connectivity index (χ4v) is 6.15. The van der Waals surface area contributed by atoms with Gasteiger partial charge in [0.2, 0.25) is 0 Å². The Kier molecular flexibility index (Phi) is 15.0. The van der Waals surface area contributed by atoms with Gasteiger partial charge in [-0.1, -0.05) is 0 Å². The van der Waals surface area contributed by atoms with E-state index in [-0.39, 0.29) is 22.0 Å². The predicted octanol–water partition coefficient (Wildman–Crippen LogP) is 10.7. The molecule has 0 fully saturated rings. The van der Waals surface area contributed by atoms with Crippen molar-refractivity contribution >= 4 is 22.7 Å². The van der Waals surface area contributed by atoms with Gasteiger partial charge in [-0.15, -0.1) is 0 Å². The van der Waals surface area contributed by atoms with E-state index in [0.717, 1.165) is 61.4 Å². The zero-order valence-electron chi connectivity index (χ0n) is 34.6. The molecule has 0 heterocycles. The van der Waals surface area contributed by atoms with Gasteiger partial charge in [0.05, 0.1) is 9.85 Å². The van der Waals surface area contributed by atoms with Gasteiger partial charge in [0.1, 0.15) is 11.5 Å². The number of nitrogen functional groups attached to an aromatic ring is 2. The average Bonchev–Trinajstić information content (AvgIpc) is 3.10. The second-order valence-electron chi connectivity index (χ2n) is 14.0. The van der Waals surface area contributed by atoms with Gasteiger partial charge < -0.3 is 21.7 Å². The number of aromatic hydroxyl groups is 2. The van der Waals surface area contributed by atoms with Gasteiger partial charge in [-0.05, 0) is 191 Å². The molecular formula is C42H60N4O6. The molecule has 52 heavy (non-hydrogen) atoms. The second-order valence-corrected chi connectivity index (χ2v) is 14.0. The lowest BCUT2D eigenvalue weighted by atomic mass is 9.93. The summed E-state index contributed by atoms with van der Waals surface area (Å²) in [7, 11) is 0. The number of rotatable bonds is 2. The van der Waals surface area contributed by atoms with E-state index < -0.39 is 4.92 Å².